The summed E-state index contributed by atoms with van der Waals surface area (Å²) >= 11 is 5.91. The number of benzene rings is 3. The summed E-state index contributed by atoms with van der Waals surface area (Å²) in [5, 5.41) is 6.00. The minimum absolute atomic E-state index is 0.00626. The predicted octanol–water partition coefficient (Wildman–Crippen LogP) is 4.66. The number of nitrogens with one attached hydrogen (secondary N) is 1. The van der Waals surface area contributed by atoms with Crippen molar-refractivity contribution in [1.29, 1.82) is 0 Å². The lowest BCUT2D eigenvalue weighted by Gasteiger charge is -2.32. The molecule has 1 unspecified atom stereocenters. The number of fused-ring (bicyclic) bond motifs is 1. The van der Waals surface area contributed by atoms with Crippen molar-refractivity contribution in [3.8, 4) is 0 Å². The van der Waals surface area contributed by atoms with Crippen molar-refractivity contribution < 1.29 is 9.59 Å². The fourth-order valence-electron chi connectivity index (χ4n) is 3.83. The van der Waals surface area contributed by atoms with Crippen LogP contribution in [0.25, 0.3) is 10.8 Å². The lowest BCUT2D eigenvalue weighted by atomic mass is 9.96. The van der Waals surface area contributed by atoms with Crippen molar-refractivity contribution in [2.75, 3.05) is 13.1 Å². The van der Waals surface area contributed by atoms with Crippen LogP contribution in [-0.4, -0.2) is 29.8 Å². The van der Waals surface area contributed by atoms with Crippen LogP contribution >= 0.6 is 11.6 Å². The van der Waals surface area contributed by atoms with E-state index in [0.29, 0.717) is 30.2 Å². The van der Waals surface area contributed by atoms with Crippen LogP contribution in [0.2, 0.25) is 5.02 Å². The van der Waals surface area contributed by atoms with Crippen LogP contribution in [0.3, 0.4) is 0 Å². The zero-order valence-corrected chi connectivity index (χ0v) is 16.9. The number of halogens is 1. The van der Waals surface area contributed by atoms with E-state index in [1.54, 1.807) is 29.2 Å². The zero-order chi connectivity index (χ0) is 20.2. The molecule has 1 aliphatic heterocycles. The van der Waals surface area contributed by atoms with Crippen LogP contribution < -0.4 is 5.32 Å². The topological polar surface area (TPSA) is 49.4 Å². The highest BCUT2D eigenvalue weighted by Gasteiger charge is 2.28. The van der Waals surface area contributed by atoms with E-state index < -0.39 is 0 Å². The van der Waals surface area contributed by atoms with Crippen LogP contribution in [0.4, 0.5) is 0 Å². The summed E-state index contributed by atoms with van der Waals surface area (Å²) in [5.74, 6) is -0.221. The lowest BCUT2D eigenvalue weighted by molar-refractivity contribution is -0.126. The molecule has 0 saturated carbocycles. The minimum Gasteiger partial charge on any atom is -0.352 e. The monoisotopic (exact) mass is 406 g/mol. The average Bonchev–Trinajstić information content (AvgIpc) is 2.77. The Morgan fingerprint density at radius 3 is 2.55 bits per heavy atom. The van der Waals surface area contributed by atoms with Crippen LogP contribution in [0, 0.1) is 5.92 Å². The first-order valence-electron chi connectivity index (χ1n) is 9.90. The van der Waals surface area contributed by atoms with E-state index in [1.807, 2.05) is 18.2 Å². The van der Waals surface area contributed by atoms with E-state index in [9.17, 15) is 9.59 Å². The molecule has 3 aromatic carbocycles. The van der Waals surface area contributed by atoms with Crippen LogP contribution in [0.5, 0.6) is 0 Å². The van der Waals surface area contributed by atoms with Gasteiger partial charge in [0.15, 0.2) is 0 Å². The molecule has 1 aliphatic rings. The Kier molecular flexibility index (Phi) is 5.81. The van der Waals surface area contributed by atoms with E-state index in [1.165, 1.54) is 5.39 Å². The van der Waals surface area contributed by atoms with E-state index in [2.05, 4.69) is 29.6 Å². The summed E-state index contributed by atoms with van der Waals surface area (Å²) in [7, 11) is 0. The first-order chi connectivity index (χ1) is 14.1. The molecule has 0 radical (unpaired) electrons. The second-order valence-corrected chi connectivity index (χ2v) is 7.93. The molecular weight excluding hydrogens is 384 g/mol. The van der Waals surface area contributed by atoms with Crippen molar-refractivity contribution in [2.24, 2.45) is 5.92 Å². The molecule has 0 aliphatic carbocycles. The normalized spacial score (nSPS) is 16.6. The van der Waals surface area contributed by atoms with Gasteiger partial charge < -0.3 is 10.2 Å². The molecule has 1 atom stereocenters. The van der Waals surface area contributed by atoms with Crippen molar-refractivity contribution in [2.45, 2.75) is 19.4 Å². The van der Waals surface area contributed by atoms with Crippen LogP contribution in [0.15, 0.2) is 66.7 Å². The summed E-state index contributed by atoms with van der Waals surface area (Å²) < 4.78 is 0. The Hall–Kier alpha value is -2.85. The van der Waals surface area contributed by atoms with Crippen molar-refractivity contribution >= 4 is 34.2 Å². The van der Waals surface area contributed by atoms with Gasteiger partial charge in [-0.05, 0) is 59.5 Å². The predicted molar refractivity (Wildman–Crippen MR) is 116 cm³/mol. The standard InChI is InChI=1S/C24H23ClN2O2/c25-22-11-9-19(10-12-22)24(29)27-13-3-6-21(16-27)23(28)26-15-17-7-8-18-4-1-2-5-20(18)14-17/h1-2,4-5,7-12,14,21H,3,6,13,15-16H2,(H,26,28). The second kappa shape index (κ2) is 8.66. The Bertz CT molecular complexity index is 1030. The van der Waals surface area contributed by atoms with E-state index in [0.717, 1.165) is 23.8 Å². The van der Waals surface area contributed by atoms with E-state index >= 15 is 0 Å². The van der Waals surface area contributed by atoms with E-state index in [4.69, 9.17) is 11.6 Å². The fourth-order valence-corrected chi connectivity index (χ4v) is 3.96. The van der Waals surface area contributed by atoms with Crippen LogP contribution in [-0.2, 0) is 11.3 Å². The van der Waals surface area contributed by atoms with Crippen molar-refractivity contribution in [3.63, 3.8) is 0 Å². The Morgan fingerprint density at radius 2 is 1.76 bits per heavy atom. The first-order valence-corrected chi connectivity index (χ1v) is 10.3. The number of carbonyl (C=O) groups excluding carboxylic acids is 2. The molecular formula is C24H23ClN2O2. The number of carbonyl (C=O) groups is 2. The van der Waals surface area contributed by atoms with Gasteiger partial charge in [-0.2, -0.15) is 0 Å². The molecule has 4 nitrogen and oxygen atoms in total. The van der Waals surface area contributed by atoms with Gasteiger partial charge in [0.25, 0.3) is 5.91 Å². The molecule has 0 aromatic heterocycles. The quantitative estimate of drug-likeness (QED) is 0.684. The number of amides is 2. The van der Waals surface area contributed by atoms with Gasteiger partial charge in [0.1, 0.15) is 0 Å². The Morgan fingerprint density at radius 1 is 1.00 bits per heavy atom. The number of likely N-dealkylation sites (tertiary alicyclic amines) is 1. The molecule has 0 spiro atoms. The molecule has 4 rings (SSSR count). The number of hydrogen-bond acceptors (Lipinski definition) is 2. The third-order valence-corrected chi connectivity index (χ3v) is 5.70. The third kappa shape index (κ3) is 4.60. The molecule has 1 saturated heterocycles. The maximum atomic E-state index is 12.7. The van der Waals surface area contributed by atoms with Gasteiger partial charge in [-0.3, -0.25) is 9.59 Å². The third-order valence-electron chi connectivity index (χ3n) is 5.45. The van der Waals surface area contributed by atoms with Gasteiger partial charge in [-0.1, -0.05) is 48.0 Å². The molecule has 5 heteroatoms. The Balaban J connectivity index is 1.36. The molecule has 148 valence electrons. The lowest BCUT2D eigenvalue weighted by Crippen LogP contribution is -2.45. The van der Waals surface area contributed by atoms with Crippen molar-refractivity contribution in [3.05, 3.63) is 82.9 Å². The molecule has 1 N–H and O–H groups in total. The summed E-state index contributed by atoms with van der Waals surface area (Å²) in [5.41, 5.74) is 1.67. The molecule has 1 fully saturated rings. The van der Waals surface area contributed by atoms with Gasteiger partial charge in [-0.25, -0.2) is 0 Å². The van der Waals surface area contributed by atoms with E-state index in [-0.39, 0.29) is 17.7 Å². The Labute approximate surface area is 175 Å². The van der Waals surface area contributed by atoms with Gasteiger partial charge in [0, 0.05) is 30.2 Å². The smallest absolute Gasteiger partial charge is 0.253 e. The van der Waals surface area contributed by atoms with Gasteiger partial charge in [0.2, 0.25) is 5.91 Å². The highest BCUT2D eigenvalue weighted by atomic mass is 35.5. The number of hydrogen-bond donors (Lipinski definition) is 1. The summed E-state index contributed by atoms with van der Waals surface area (Å²) in [4.78, 5) is 27.2. The number of nitrogens with zero attached hydrogens (tertiary/aromatic N) is 1. The molecule has 2 amide bonds. The zero-order valence-electron chi connectivity index (χ0n) is 16.1. The average molecular weight is 407 g/mol. The molecule has 1 heterocycles. The molecule has 0 bridgehead atoms. The van der Waals surface area contributed by atoms with Crippen LogP contribution in [0.1, 0.15) is 28.8 Å². The summed E-state index contributed by atoms with van der Waals surface area (Å²) in [6.45, 7) is 1.62. The summed E-state index contributed by atoms with van der Waals surface area (Å²) in [6.07, 6.45) is 1.63. The minimum atomic E-state index is -0.180. The van der Waals surface area contributed by atoms with Gasteiger partial charge in [0.05, 0.1) is 5.92 Å². The number of rotatable bonds is 4. The molecule has 29 heavy (non-hydrogen) atoms. The van der Waals surface area contributed by atoms with Crippen molar-refractivity contribution in [1.82, 2.24) is 10.2 Å². The largest absolute Gasteiger partial charge is 0.352 e. The number of piperidine rings is 1. The maximum Gasteiger partial charge on any atom is 0.253 e. The van der Waals surface area contributed by atoms with Gasteiger partial charge in [-0.15, -0.1) is 0 Å². The van der Waals surface area contributed by atoms with Gasteiger partial charge >= 0.3 is 0 Å². The maximum absolute atomic E-state index is 12.7. The SMILES string of the molecule is O=C(NCc1ccc2ccccc2c1)C1CCCN(C(=O)c2ccc(Cl)cc2)C1. The second-order valence-electron chi connectivity index (χ2n) is 7.50. The summed E-state index contributed by atoms with van der Waals surface area (Å²) in [6, 6.07) is 21.3. The fraction of sp³-hybridized carbons (Fsp3) is 0.250. The highest BCUT2D eigenvalue weighted by molar-refractivity contribution is 6.30. The first kappa shape index (κ1) is 19.5. The molecule has 3 aromatic rings. The highest BCUT2D eigenvalue weighted by Crippen LogP contribution is 2.20.